The van der Waals surface area contributed by atoms with Gasteiger partial charge in [-0.25, -0.2) is 9.59 Å². The Hall–Kier alpha value is -2.78. The van der Waals surface area contributed by atoms with Crippen LogP contribution in [0.3, 0.4) is 0 Å². The molecule has 1 fully saturated rings. The van der Waals surface area contributed by atoms with Crippen LogP contribution in [0.15, 0.2) is 34.0 Å². The standard InChI is InChI=1S/C20H22IN3O9.4H2/c1-10-7-23(19(27)22-18(10)26)17-6-15(25)16(33-17)9-32-20(28)31-8-11(2)13-5-12(21)3-4-14(13)24(29)30;;;;/h3-5,7,11,15-17,25H,6,8-9H2,1-2H3,(H,22,26,27);4*1H/i;3*1+2T;1+2. The van der Waals surface area contributed by atoms with Crippen LogP contribution in [-0.4, -0.2) is 51.2 Å². The number of nitro groups is 1. The molecule has 1 aromatic heterocycles. The zero-order valence-electron chi connectivity index (χ0n) is 23.7. The molecule has 1 aliphatic rings. The van der Waals surface area contributed by atoms with Crippen LogP contribution in [0, 0.1) is 20.6 Å². The van der Waals surface area contributed by atoms with E-state index in [0.717, 1.165) is 8.14 Å². The molecule has 0 amide bonds. The monoisotopic (exact) mass is 597 g/mol. The number of nitrogens with one attached hydrogen (secondary N) is 1. The molecule has 2 N–H and O–H groups in total. The van der Waals surface area contributed by atoms with Crippen molar-refractivity contribution >= 4 is 34.4 Å². The van der Waals surface area contributed by atoms with E-state index in [1.54, 1.807) is 19.1 Å². The number of nitro benzene ring substituents is 1. The van der Waals surface area contributed by atoms with Crippen molar-refractivity contribution in [3.8, 4) is 0 Å². The van der Waals surface area contributed by atoms with Gasteiger partial charge in [-0.05, 0) is 41.6 Å². The number of aromatic nitrogens is 2. The summed E-state index contributed by atoms with van der Waals surface area (Å²) in [5, 5.41) is 21.5. The average Bonchev–Trinajstić information content (AvgIpc) is 3.31. The molecule has 0 saturated carbocycles. The summed E-state index contributed by atoms with van der Waals surface area (Å²) in [4.78, 5) is 48.4. The van der Waals surface area contributed by atoms with E-state index in [2.05, 4.69) is 4.98 Å². The Morgan fingerprint density at radius 3 is 2.91 bits per heavy atom. The average molecular weight is 597 g/mol. The third-order valence-electron chi connectivity index (χ3n) is 5.19. The van der Waals surface area contributed by atoms with Gasteiger partial charge in [0, 0.05) is 49.6 Å². The maximum Gasteiger partial charge on any atom is 0.508 e. The Kier molecular flexibility index (Phi) is 6.58. The lowest BCUT2D eigenvalue weighted by Crippen LogP contribution is -2.33. The van der Waals surface area contributed by atoms with Crippen LogP contribution in [0.2, 0.25) is 0 Å². The Morgan fingerprint density at radius 2 is 2.21 bits per heavy atom. The third kappa shape index (κ3) is 5.97. The summed E-state index contributed by atoms with van der Waals surface area (Å²) in [5.41, 5.74) is -0.525. The lowest BCUT2D eigenvalue weighted by atomic mass is 10.0. The number of carbonyl (C=O) groups is 1. The molecule has 0 bridgehead atoms. The second kappa shape index (κ2) is 10.4. The zero-order chi connectivity index (χ0) is 30.3. The Morgan fingerprint density at radius 1 is 1.48 bits per heavy atom. The first kappa shape index (κ1) is 20.8. The van der Waals surface area contributed by atoms with Crippen molar-refractivity contribution in [2.24, 2.45) is 0 Å². The van der Waals surface area contributed by atoms with Gasteiger partial charge in [-0.3, -0.25) is 24.5 Å². The van der Waals surface area contributed by atoms with Gasteiger partial charge in [-0.1, -0.05) is 6.92 Å². The van der Waals surface area contributed by atoms with Crippen LogP contribution in [0.4, 0.5) is 10.5 Å². The van der Waals surface area contributed by atoms with E-state index in [9.17, 15) is 29.6 Å². The van der Waals surface area contributed by atoms with Crippen LogP contribution < -0.4 is 11.2 Å². The maximum absolute atomic E-state index is 12.0. The Bertz CT molecular complexity index is 1190. The number of hydrogen-bond acceptors (Lipinski definition) is 9. The summed E-state index contributed by atoms with van der Waals surface area (Å²) in [6.07, 6.45) is -2.39. The highest BCUT2D eigenvalue weighted by Crippen LogP contribution is 2.29. The van der Waals surface area contributed by atoms with Gasteiger partial charge in [0.25, 0.3) is 11.2 Å². The number of halogens is 1. The van der Waals surface area contributed by atoms with E-state index in [1.165, 1.54) is 19.2 Å². The number of nitrogens with zero attached hydrogens (tertiary/aromatic N) is 2. The van der Waals surface area contributed by atoms with Crippen molar-refractivity contribution in [3.63, 3.8) is 0 Å². The van der Waals surface area contributed by atoms with Crippen molar-refractivity contribution in [2.45, 2.75) is 44.6 Å². The van der Waals surface area contributed by atoms with Crippen LogP contribution in [0.25, 0.3) is 0 Å². The minimum absolute atomic E-state index is 0. The number of aromatic amines is 1. The molecule has 4 atom stereocenters. The molecule has 1 aliphatic heterocycles. The number of aliphatic hydroxyl groups is 1. The van der Waals surface area contributed by atoms with Crippen LogP contribution in [0.5, 0.6) is 0 Å². The first-order valence-electron chi connectivity index (χ1n) is 13.0. The van der Waals surface area contributed by atoms with Gasteiger partial charge in [0.1, 0.15) is 25.5 Å². The molecule has 13 heteroatoms. The predicted octanol–water partition coefficient (Wildman–Crippen LogP) is 2.95. The second-order valence-corrected chi connectivity index (χ2v) is 8.89. The van der Waals surface area contributed by atoms with Gasteiger partial charge in [0.15, 0.2) is 0 Å². The van der Waals surface area contributed by atoms with Gasteiger partial charge >= 0.3 is 11.8 Å². The van der Waals surface area contributed by atoms with Crippen LogP contribution in [0.1, 0.15) is 47.0 Å². The fourth-order valence-corrected chi connectivity index (χ4v) is 3.91. The molecule has 0 aliphatic carbocycles. The largest absolute Gasteiger partial charge is 0.508 e. The second-order valence-electron chi connectivity index (χ2n) is 7.64. The Labute approximate surface area is 211 Å². The molecule has 0 radical (unpaired) electrons. The van der Waals surface area contributed by atoms with E-state index >= 15 is 0 Å². The van der Waals surface area contributed by atoms with Crippen molar-refractivity contribution in [3.05, 3.63) is 70.0 Å². The summed E-state index contributed by atoms with van der Waals surface area (Å²) in [6, 6.07) is 4.67. The third-order valence-corrected chi connectivity index (χ3v) is 5.87. The molecule has 2 heterocycles. The molecule has 33 heavy (non-hydrogen) atoms. The summed E-state index contributed by atoms with van der Waals surface area (Å²) in [6.45, 7) is 2.74. The van der Waals surface area contributed by atoms with Crippen molar-refractivity contribution in [1.82, 2.24) is 9.55 Å². The summed E-state index contributed by atoms with van der Waals surface area (Å²) in [7, 11) is 0. The summed E-state index contributed by atoms with van der Waals surface area (Å²) < 4.78 is 47.7. The molecule has 4 unspecified atom stereocenters. The number of H-pyrrole nitrogens is 1. The summed E-state index contributed by atoms with van der Waals surface area (Å²) >= 11 is 2.04. The van der Waals surface area contributed by atoms with Crippen LogP contribution >= 0.6 is 22.6 Å². The minimum atomic E-state index is -1.02. The summed E-state index contributed by atoms with van der Waals surface area (Å²) in [5.74, 6) is -0.458. The van der Waals surface area contributed by atoms with Gasteiger partial charge in [0.2, 0.25) is 0 Å². The molecule has 2 aromatic rings. The van der Waals surface area contributed by atoms with Crippen molar-refractivity contribution < 1.29 is 39.4 Å². The molecule has 186 valence electrons. The van der Waals surface area contributed by atoms with Gasteiger partial charge in [0.05, 0.1) is 11.0 Å². The quantitative estimate of drug-likeness (QED) is 0.211. The smallest absolute Gasteiger partial charge is 0.434 e. The van der Waals surface area contributed by atoms with Gasteiger partial charge < -0.3 is 19.3 Å². The molecule has 12 nitrogen and oxygen atoms in total. The number of aliphatic hydroxyl groups excluding tert-OH is 1. The number of carbonyl (C=O) groups excluding carboxylic acids is 1. The molecule has 3 rings (SSSR count). The van der Waals surface area contributed by atoms with Crippen molar-refractivity contribution in [2.75, 3.05) is 13.2 Å². The highest BCUT2D eigenvalue weighted by molar-refractivity contribution is 14.1. The lowest BCUT2D eigenvalue weighted by molar-refractivity contribution is -0.385. The maximum atomic E-state index is 12.0. The first-order valence-corrected chi connectivity index (χ1v) is 11.0. The molecule has 1 saturated heterocycles. The zero-order valence-corrected chi connectivity index (χ0v) is 19.9. The highest BCUT2D eigenvalue weighted by Gasteiger charge is 2.36. The normalized spacial score (nSPS) is 21.6. The fraction of sp³-hybridized carbons (Fsp3) is 0.450. The number of benzene rings is 1. The molecule has 1 aromatic carbocycles. The molecular formula is C20H30IN3O9. The number of aryl methyl sites for hydroxylation is 1. The SMILES string of the molecule is Cc1cn(C2CC(O)C(COC(=O)OCC(C)c3cc(I)ccc3[N+](=O)[O-])O2)c(=O)[nH]c1=O.[3HH].[3H][3H].[3H][3H].[3H][3H]. The van der Waals surface area contributed by atoms with E-state index in [4.69, 9.17) is 23.1 Å². The molecular weight excluding hydrogens is 553 g/mol. The van der Waals surface area contributed by atoms with E-state index in [0.29, 0.717) is 11.1 Å². The van der Waals surface area contributed by atoms with E-state index < -0.39 is 46.7 Å². The Balaban J connectivity index is 0. The van der Waals surface area contributed by atoms with Gasteiger partial charge in [-0.15, -0.1) is 0 Å². The number of hydrogen-bond donors (Lipinski definition) is 2. The number of rotatable bonds is 7. The minimum Gasteiger partial charge on any atom is -0.434 e. The van der Waals surface area contributed by atoms with Crippen LogP contribution in [-0.2, 0) is 14.2 Å². The number of ether oxygens (including phenoxy) is 3. The highest BCUT2D eigenvalue weighted by atomic mass is 127. The van der Waals surface area contributed by atoms with Crippen molar-refractivity contribution in [1.29, 1.82) is 0 Å². The fourth-order valence-electron chi connectivity index (χ4n) is 3.40. The topological polar surface area (TPSA) is 163 Å². The van der Waals surface area contributed by atoms with E-state index in [-0.39, 0.29) is 26.7 Å². The lowest BCUT2D eigenvalue weighted by Gasteiger charge is -2.17. The van der Waals surface area contributed by atoms with E-state index in [1.807, 2.05) is 22.6 Å². The first-order chi connectivity index (χ1) is 18.6. The predicted molar refractivity (Wildman–Crippen MR) is 131 cm³/mol. The molecule has 0 spiro atoms. The van der Waals surface area contributed by atoms with Gasteiger partial charge in [-0.2, -0.15) is 0 Å².